The maximum Gasteiger partial charge on any atom is 0.126 e. The number of hydrogen-bond acceptors (Lipinski definition) is 2. The Bertz CT molecular complexity index is 235. The Hall–Kier alpha value is -0.990. The first kappa shape index (κ1) is 6.70. The lowest BCUT2D eigenvalue weighted by Gasteiger charge is -2.16. The summed E-state index contributed by atoms with van der Waals surface area (Å²) in [5.74, 6) is 1.25. The van der Waals surface area contributed by atoms with Crippen molar-refractivity contribution < 1.29 is 0 Å². The fourth-order valence-electron chi connectivity index (χ4n) is 1.62. The molecule has 0 radical (unpaired) electrons. The number of hydrogen-bond donors (Lipinski definition) is 0. The average molecular weight is 151 g/mol. The molecule has 1 aromatic heterocycles. The quantitative estimate of drug-likeness (QED) is 0.597. The number of anilines is 1. The molecular weight excluding hydrogens is 138 g/mol. The van der Waals surface area contributed by atoms with Crippen LogP contribution in [0.15, 0.2) is 12.3 Å². The van der Waals surface area contributed by atoms with Crippen molar-refractivity contribution in [2.75, 3.05) is 18.0 Å². The molecule has 11 heavy (non-hydrogen) atoms. The van der Waals surface area contributed by atoms with E-state index in [0.29, 0.717) is 0 Å². The molecule has 0 N–H and O–H groups in total. The number of aryl methyl sites for hydroxylation is 1. The van der Waals surface area contributed by atoms with Crippen LogP contribution in [0.25, 0.3) is 0 Å². The summed E-state index contributed by atoms with van der Waals surface area (Å²) in [7, 11) is 1.99. The zero-order chi connectivity index (χ0) is 7.68. The van der Waals surface area contributed by atoms with Gasteiger partial charge in [-0.05, 0) is 12.8 Å². The third kappa shape index (κ3) is 1.11. The second-order valence-electron chi connectivity index (χ2n) is 3.01. The summed E-state index contributed by atoms with van der Waals surface area (Å²) in [5, 5.41) is 4.14. The molecule has 0 saturated carbocycles. The van der Waals surface area contributed by atoms with E-state index in [1.165, 1.54) is 31.7 Å². The van der Waals surface area contributed by atoms with Gasteiger partial charge in [0.2, 0.25) is 0 Å². The van der Waals surface area contributed by atoms with Gasteiger partial charge in [0.1, 0.15) is 5.82 Å². The fourth-order valence-corrected chi connectivity index (χ4v) is 1.62. The molecule has 0 bridgehead atoms. The summed E-state index contributed by atoms with van der Waals surface area (Å²) in [4.78, 5) is 2.38. The van der Waals surface area contributed by atoms with Crippen LogP contribution in [0.5, 0.6) is 0 Å². The molecule has 1 fully saturated rings. The Morgan fingerprint density at radius 2 is 2.09 bits per heavy atom. The summed E-state index contributed by atoms with van der Waals surface area (Å²) in [5.41, 5.74) is 0. The third-order valence-corrected chi connectivity index (χ3v) is 2.23. The molecular formula is C8H13N3. The first-order valence-corrected chi connectivity index (χ1v) is 4.11. The highest BCUT2D eigenvalue weighted by Crippen LogP contribution is 2.17. The molecule has 1 aliphatic rings. The van der Waals surface area contributed by atoms with E-state index < -0.39 is 0 Å². The van der Waals surface area contributed by atoms with E-state index in [2.05, 4.69) is 16.1 Å². The fraction of sp³-hybridized carbons (Fsp3) is 0.625. The van der Waals surface area contributed by atoms with Crippen LogP contribution in [-0.4, -0.2) is 22.9 Å². The molecule has 0 aliphatic carbocycles. The highest BCUT2D eigenvalue weighted by molar-refractivity contribution is 5.38. The molecule has 3 nitrogen and oxygen atoms in total. The summed E-state index contributed by atoms with van der Waals surface area (Å²) in [6, 6.07) is 2.07. The number of rotatable bonds is 1. The molecule has 0 aromatic carbocycles. The van der Waals surface area contributed by atoms with Gasteiger partial charge in [-0.15, -0.1) is 0 Å². The van der Waals surface area contributed by atoms with Crippen molar-refractivity contribution >= 4 is 5.82 Å². The van der Waals surface area contributed by atoms with E-state index in [-0.39, 0.29) is 0 Å². The molecule has 0 unspecified atom stereocenters. The van der Waals surface area contributed by atoms with Crippen LogP contribution in [0.2, 0.25) is 0 Å². The minimum absolute atomic E-state index is 1.19. The van der Waals surface area contributed by atoms with Crippen LogP contribution < -0.4 is 4.90 Å². The summed E-state index contributed by atoms with van der Waals surface area (Å²) in [6.45, 7) is 2.39. The van der Waals surface area contributed by atoms with Crippen molar-refractivity contribution in [3.8, 4) is 0 Å². The minimum atomic E-state index is 1.19. The van der Waals surface area contributed by atoms with E-state index in [0.717, 1.165) is 0 Å². The van der Waals surface area contributed by atoms with Crippen molar-refractivity contribution in [1.82, 2.24) is 9.78 Å². The summed E-state index contributed by atoms with van der Waals surface area (Å²) < 4.78 is 1.94. The molecule has 2 rings (SSSR count). The lowest BCUT2D eigenvalue weighted by Crippen LogP contribution is -2.20. The first-order valence-electron chi connectivity index (χ1n) is 4.11. The highest BCUT2D eigenvalue weighted by atomic mass is 15.4. The molecule has 1 aliphatic heterocycles. The van der Waals surface area contributed by atoms with Crippen LogP contribution in [0.4, 0.5) is 5.82 Å². The molecule has 3 heteroatoms. The second kappa shape index (κ2) is 2.57. The van der Waals surface area contributed by atoms with Crippen molar-refractivity contribution in [3.05, 3.63) is 12.3 Å². The lowest BCUT2D eigenvalue weighted by molar-refractivity contribution is 0.739. The van der Waals surface area contributed by atoms with Crippen molar-refractivity contribution in [2.45, 2.75) is 12.8 Å². The van der Waals surface area contributed by atoms with Gasteiger partial charge in [0.25, 0.3) is 0 Å². The van der Waals surface area contributed by atoms with Gasteiger partial charge in [0.15, 0.2) is 0 Å². The van der Waals surface area contributed by atoms with Gasteiger partial charge in [-0.3, -0.25) is 4.68 Å². The zero-order valence-corrected chi connectivity index (χ0v) is 6.82. The van der Waals surface area contributed by atoms with Crippen LogP contribution in [0, 0.1) is 0 Å². The Morgan fingerprint density at radius 3 is 2.64 bits per heavy atom. The predicted molar refractivity (Wildman–Crippen MR) is 44.7 cm³/mol. The van der Waals surface area contributed by atoms with E-state index in [9.17, 15) is 0 Å². The SMILES string of the molecule is Cn1nccc1N1CCCC1. The van der Waals surface area contributed by atoms with Crippen LogP contribution in [0.3, 0.4) is 0 Å². The van der Waals surface area contributed by atoms with Gasteiger partial charge in [-0.25, -0.2) is 0 Å². The monoisotopic (exact) mass is 151 g/mol. The van der Waals surface area contributed by atoms with Gasteiger partial charge < -0.3 is 4.90 Å². The van der Waals surface area contributed by atoms with Crippen LogP contribution in [0.1, 0.15) is 12.8 Å². The Balaban J connectivity index is 2.21. The lowest BCUT2D eigenvalue weighted by atomic mass is 10.4. The first-order chi connectivity index (χ1) is 5.38. The van der Waals surface area contributed by atoms with Gasteiger partial charge >= 0.3 is 0 Å². The summed E-state index contributed by atoms with van der Waals surface area (Å²) in [6.07, 6.45) is 4.50. The predicted octanol–water partition coefficient (Wildman–Crippen LogP) is 1.02. The van der Waals surface area contributed by atoms with E-state index >= 15 is 0 Å². The van der Waals surface area contributed by atoms with E-state index in [1.54, 1.807) is 0 Å². The molecule has 60 valence electrons. The molecule has 0 amide bonds. The molecule has 1 aromatic rings. The molecule has 0 atom stereocenters. The van der Waals surface area contributed by atoms with Crippen LogP contribution in [-0.2, 0) is 7.05 Å². The van der Waals surface area contributed by atoms with Crippen LogP contribution >= 0.6 is 0 Å². The largest absolute Gasteiger partial charge is 0.357 e. The topological polar surface area (TPSA) is 21.1 Å². The number of nitrogens with zero attached hydrogens (tertiary/aromatic N) is 3. The van der Waals surface area contributed by atoms with Gasteiger partial charge in [0.05, 0.1) is 6.20 Å². The summed E-state index contributed by atoms with van der Waals surface area (Å²) >= 11 is 0. The van der Waals surface area contributed by atoms with Gasteiger partial charge in [-0.1, -0.05) is 0 Å². The highest BCUT2D eigenvalue weighted by Gasteiger charge is 2.14. The minimum Gasteiger partial charge on any atom is -0.357 e. The maximum atomic E-state index is 4.14. The number of aromatic nitrogens is 2. The smallest absolute Gasteiger partial charge is 0.126 e. The Kier molecular flexibility index (Phi) is 1.56. The maximum absolute atomic E-state index is 4.14. The molecule has 2 heterocycles. The van der Waals surface area contributed by atoms with E-state index in [1.807, 2.05) is 17.9 Å². The average Bonchev–Trinajstić information content (AvgIpc) is 2.55. The molecule has 0 spiro atoms. The van der Waals surface area contributed by atoms with Crippen molar-refractivity contribution in [3.63, 3.8) is 0 Å². The Morgan fingerprint density at radius 1 is 1.36 bits per heavy atom. The van der Waals surface area contributed by atoms with Gasteiger partial charge in [0, 0.05) is 26.2 Å². The normalized spacial score (nSPS) is 17.7. The molecule has 1 saturated heterocycles. The zero-order valence-electron chi connectivity index (χ0n) is 6.82. The van der Waals surface area contributed by atoms with Crippen molar-refractivity contribution in [2.24, 2.45) is 7.05 Å². The van der Waals surface area contributed by atoms with Crippen molar-refractivity contribution in [1.29, 1.82) is 0 Å². The van der Waals surface area contributed by atoms with E-state index in [4.69, 9.17) is 0 Å². The standard InChI is InChI=1S/C8H13N3/c1-10-8(4-5-9-10)11-6-2-3-7-11/h4-5H,2-3,6-7H2,1H3. The Labute approximate surface area is 66.6 Å². The second-order valence-corrected chi connectivity index (χ2v) is 3.01. The van der Waals surface area contributed by atoms with Gasteiger partial charge in [-0.2, -0.15) is 5.10 Å². The third-order valence-electron chi connectivity index (χ3n) is 2.23.